The third kappa shape index (κ3) is 2.23. The van der Waals surface area contributed by atoms with Gasteiger partial charge in [0.2, 0.25) is 0 Å². The lowest BCUT2D eigenvalue weighted by molar-refractivity contribution is 0.491. The van der Waals surface area contributed by atoms with E-state index in [1.807, 2.05) is 24.0 Å². The van der Waals surface area contributed by atoms with Gasteiger partial charge in [0.25, 0.3) is 0 Å². The van der Waals surface area contributed by atoms with E-state index in [4.69, 9.17) is 4.42 Å². The molecule has 0 spiro atoms. The smallest absolute Gasteiger partial charge is 0.134 e. The zero-order valence-electron chi connectivity index (χ0n) is 12.1. The molecule has 2 aromatic heterocycles. The monoisotopic (exact) mass is 269 g/mol. The highest BCUT2D eigenvalue weighted by Crippen LogP contribution is 2.28. The molecule has 3 aromatic rings. The van der Waals surface area contributed by atoms with Crippen LogP contribution in [-0.2, 0) is 6.54 Å². The Balaban J connectivity index is 2.02. The van der Waals surface area contributed by atoms with E-state index < -0.39 is 0 Å². The molecule has 0 bridgehead atoms. The lowest BCUT2D eigenvalue weighted by atomic mass is 10.1. The number of aryl methyl sites for hydroxylation is 2. The third-order valence-electron chi connectivity index (χ3n) is 3.57. The zero-order valence-corrected chi connectivity index (χ0v) is 12.1. The molecule has 1 unspecified atom stereocenters. The second kappa shape index (κ2) is 5.13. The second-order valence-electron chi connectivity index (χ2n) is 5.04. The molecule has 0 aliphatic heterocycles. The molecule has 4 nitrogen and oxygen atoms in total. The van der Waals surface area contributed by atoms with Gasteiger partial charge in [0.05, 0.1) is 12.2 Å². The molecule has 3 rings (SSSR count). The highest BCUT2D eigenvalue weighted by molar-refractivity contribution is 5.78. The van der Waals surface area contributed by atoms with Crippen LogP contribution in [-0.4, -0.2) is 16.8 Å². The Bertz CT molecular complexity index is 726. The number of nitrogens with one attached hydrogen (secondary N) is 1. The number of hydrogen-bond donors (Lipinski definition) is 1. The Morgan fingerprint density at radius 1 is 1.35 bits per heavy atom. The Morgan fingerprint density at radius 2 is 2.20 bits per heavy atom. The van der Waals surface area contributed by atoms with Crippen LogP contribution >= 0.6 is 0 Å². The fourth-order valence-electron chi connectivity index (χ4n) is 2.50. The fraction of sp³-hybridized carbons (Fsp3) is 0.312. The normalized spacial score (nSPS) is 12.9. The van der Waals surface area contributed by atoms with E-state index in [0.29, 0.717) is 0 Å². The Hall–Kier alpha value is -2.07. The first-order valence-electron chi connectivity index (χ1n) is 6.91. The number of nitrogens with zero attached hydrogens (tertiary/aromatic N) is 2. The van der Waals surface area contributed by atoms with Crippen LogP contribution in [0.1, 0.15) is 29.9 Å². The summed E-state index contributed by atoms with van der Waals surface area (Å²) in [6.45, 7) is 5.04. The van der Waals surface area contributed by atoms with Crippen LogP contribution in [0.4, 0.5) is 0 Å². The van der Waals surface area contributed by atoms with E-state index in [0.717, 1.165) is 28.8 Å². The minimum atomic E-state index is 0.0306. The number of fused-ring (bicyclic) bond motifs is 1. The number of rotatable bonds is 4. The van der Waals surface area contributed by atoms with Crippen molar-refractivity contribution in [1.29, 1.82) is 0 Å². The van der Waals surface area contributed by atoms with Crippen LogP contribution in [0.2, 0.25) is 0 Å². The predicted molar refractivity (Wildman–Crippen MR) is 79.8 cm³/mol. The SMILES string of the molecule is CCn1cc(C(NC)c2cc3cc(C)ccc3o2)cn1. The van der Waals surface area contributed by atoms with Crippen molar-refractivity contribution in [2.24, 2.45) is 0 Å². The van der Waals surface area contributed by atoms with E-state index >= 15 is 0 Å². The molecule has 0 saturated heterocycles. The first-order valence-corrected chi connectivity index (χ1v) is 6.91. The molecule has 4 heteroatoms. The third-order valence-corrected chi connectivity index (χ3v) is 3.57. The van der Waals surface area contributed by atoms with Crippen LogP contribution in [0.25, 0.3) is 11.0 Å². The molecule has 2 heterocycles. The molecule has 104 valence electrons. The van der Waals surface area contributed by atoms with Crippen molar-refractivity contribution in [1.82, 2.24) is 15.1 Å². The van der Waals surface area contributed by atoms with Gasteiger partial charge < -0.3 is 9.73 Å². The van der Waals surface area contributed by atoms with Crippen molar-refractivity contribution < 1.29 is 4.42 Å². The van der Waals surface area contributed by atoms with Gasteiger partial charge in [-0.2, -0.15) is 5.10 Å². The Morgan fingerprint density at radius 3 is 2.90 bits per heavy atom. The molecule has 0 aliphatic rings. The van der Waals surface area contributed by atoms with Gasteiger partial charge in [-0.1, -0.05) is 11.6 Å². The summed E-state index contributed by atoms with van der Waals surface area (Å²) in [6, 6.07) is 8.37. The molecule has 0 saturated carbocycles. The minimum Gasteiger partial charge on any atom is -0.459 e. The maximum atomic E-state index is 5.97. The molecule has 1 atom stereocenters. The van der Waals surface area contributed by atoms with E-state index in [9.17, 15) is 0 Å². The summed E-state index contributed by atoms with van der Waals surface area (Å²) in [4.78, 5) is 0. The average molecular weight is 269 g/mol. The van der Waals surface area contributed by atoms with E-state index in [1.54, 1.807) is 0 Å². The maximum absolute atomic E-state index is 5.97. The minimum absolute atomic E-state index is 0.0306. The molecule has 1 aromatic carbocycles. The van der Waals surface area contributed by atoms with Crippen LogP contribution in [0.3, 0.4) is 0 Å². The molecule has 0 aliphatic carbocycles. The summed E-state index contributed by atoms with van der Waals surface area (Å²) in [5, 5.41) is 8.77. The average Bonchev–Trinajstić information content (AvgIpc) is 3.06. The van der Waals surface area contributed by atoms with Gasteiger partial charge in [-0.3, -0.25) is 4.68 Å². The molecule has 20 heavy (non-hydrogen) atoms. The highest BCUT2D eigenvalue weighted by Gasteiger charge is 2.18. The summed E-state index contributed by atoms with van der Waals surface area (Å²) in [5.74, 6) is 0.920. The Labute approximate surface area is 118 Å². The van der Waals surface area contributed by atoms with Gasteiger partial charge in [-0.05, 0) is 39.1 Å². The summed E-state index contributed by atoms with van der Waals surface area (Å²) in [6.07, 6.45) is 3.95. The van der Waals surface area contributed by atoms with Gasteiger partial charge >= 0.3 is 0 Å². The lowest BCUT2D eigenvalue weighted by Gasteiger charge is -2.10. The van der Waals surface area contributed by atoms with Crippen molar-refractivity contribution in [3.63, 3.8) is 0 Å². The largest absolute Gasteiger partial charge is 0.459 e. The zero-order chi connectivity index (χ0) is 14.1. The van der Waals surface area contributed by atoms with Gasteiger partial charge in [0, 0.05) is 23.7 Å². The second-order valence-corrected chi connectivity index (χ2v) is 5.04. The summed E-state index contributed by atoms with van der Waals surface area (Å²) in [5.41, 5.74) is 3.28. The summed E-state index contributed by atoms with van der Waals surface area (Å²) < 4.78 is 7.90. The Kier molecular flexibility index (Phi) is 3.32. The highest BCUT2D eigenvalue weighted by atomic mass is 16.3. The van der Waals surface area contributed by atoms with Crippen LogP contribution < -0.4 is 5.32 Å². The number of furan rings is 1. The maximum Gasteiger partial charge on any atom is 0.134 e. The van der Waals surface area contributed by atoms with Crippen molar-refractivity contribution >= 4 is 11.0 Å². The molecule has 0 fully saturated rings. The van der Waals surface area contributed by atoms with Crippen molar-refractivity contribution in [2.75, 3.05) is 7.05 Å². The van der Waals surface area contributed by atoms with Crippen molar-refractivity contribution in [3.05, 3.63) is 53.5 Å². The molecular weight excluding hydrogens is 250 g/mol. The van der Waals surface area contributed by atoms with Gasteiger partial charge in [0.15, 0.2) is 0 Å². The van der Waals surface area contributed by atoms with Gasteiger partial charge in [-0.15, -0.1) is 0 Å². The standard InChI is InChI=1S/C16H19N3O/c1-4-19-10-13(9-18-19)16(17-3)15-8-12-7-11(2)5-6-14(12)20-15/h5-10,16-17H,4H2,1-3H3. The predicted octanol–water partition coefficient (Wildman–Crippen LogP) is 3.27. The molecule has 1 N–H and O–H groups in total. The first kappa shape index (κ1) is 12.9. The number of hydrogen-bond acceptors (Lipinski definition) is 3. The van der Waals surface area contributed by atoms with E-state index in [-0.39, 0.29) is 6.04 Å². The lowest BCUT2D eigenvalue weighted by Crippen LogP contribution is -2.16. The van der Waals surface area contributed by atoms with Crippen LogP contribution in [0, 0.1) is 6.92 Å². The van der Waals surface area contributed by atoms with Gasteiger partial charge in [-0.25, -0.2) is 0 Å². The molecular formula is C16H19N3O. The fourth-order valence-corrected chi connectivity index (χ4v) is 2.50. The quantitative estimate of drug-likeness (QED) is 0.790. The topological polar surface area (TPSA) is 43.0 Å². The molecule has 0 amide bonds. The van der Waals surface area contributed by atoms with E-state index in [2.05, 4.69) is 48.7 Å². The summed E-state index contributed by atoms with van der Waals surface area (Å²) in [7, 11) is 1.94. The van der Waals surface area contributed by atoms with Crippen molar-refractivity contribution in [2.45, 2.75) is 26.4 Å². The van der Waals surface area contributed by atoms with Crippen LogP contribution in [0.15, 0.2) is 41.1 Å². The van der Waals surface area contributed by atoms with E-state index in [1.165, 1.54) is 5.56 Å². The van der Waals surface area contributed by atoms with Crippen molar-refractivity contribution in [3.8, 4) is 0 Å². The number of aromatic nitrogens is 2. The first-order chi connectivity index (χ1) is 9.71. The number of benzene rings is 1. The molecule has 0 radical (unpaired) electrons. The van der Waals surface area contributed by atoms with Gasteiger partial charge in [0.1, 0.15) is 11.3 Å². The van der Waals surface area contributed by atoms with Crippen LogP contribution in [0.5, 0.6) is 0 Å². The summed E-state index contributed by atoms with van der Waals surface area (Å²) >= 11 is 0.